The molecule has 3 nitrogen and oxygen atoms in total. The number of rotatable bonds is 6. The van der Waals surface area contributed by atoms with E-state index in [0.29, 0.717) is 12.0 Å². The van der Waals surface area contributed by atoms with E-state index in [-0.39, 0.29) is 17.9 Å². The lowest BCUT2D eigenvalue weighted by atomic mass is 9.76. The van der Waals surface area contributed by atoms with E-state index in [4.69, 9.17) is 10.5 Å². The van der Waals surface area contributed by atoms with Crippen LogP contribution in [0.25, 0.3) is 5.57 Å². The van der Waals surface area contributed by atoms with Crippen molar-refractivity contribution >= 4 is 23.7 Å². The second kappa shape index (κ2) is 8.37. The van der Waals surface area contributed by atoms with Crippen molar-refractivity contribution in [3.63, 3.8) is 0 Å². The number of methoxy groups -OCH3 is 1. The van der Waals surface area contributed by atoms with E-state index in [1.165, 1.54) is 23.1 Å². The van der Waals surface area contributed by atoms with E-state index >= 15 is 0 Å². The van der Waals surface area contributed by atoms with Gasteiger partial charge in [0.25, 0.3) is 0 Å². The van der Waals surface area contributed by atoms with Crippen molar-refractivity contribution in [2.45, 2.75) is 52.5 Å². The molecule has 0 atom stereocenters. The highest BCUT2D eigenvalue weighted by molar-refractivity contribution is 5.85. The minimum atomic E-state index is -0.102. The summed E-state index contributed by atoms with van der Waals surface area (Å²) >= 11 is 0. The molecule has 0 amide bonds. The molecule has 0 fully saturated rings. The van der Waals surface area contributed by atoms with E-state index in [1.807, 2.05) is 6.07 Å². The summed E-state index contributed by atoms with van der Waals surface area (Å²) in [5, 5.41) is 3.55. The Labute approximate surface area is 153 Å². The largest absolute Gasteiger partial charge is 0.398 e. The SMILES string of the molecule is COCCNC(C)(C)c1ccc(N)c(C2=CCC(C)(C)CC2)c1.Cl. The number of nitrogens with one attached hydrogen (secondary N) is 1. The second-order valence-electron chi connectivity index (χ2n) is 7.94. The van der Waals surface area contributed by atoms with Gasteiger partial charge in [0.2, 0.25) is 0 Å². The van der Waals surface area contributed by atoms with Crippen LogP contribution in [0.1, 0.15) is 58.1 Å². The molecule has 1 aromatic carbocycles. The summed E-state index contributed by atoms with van der Waals surface area (Å²) in [5.41, 5.74) is 11.3. The maximum absolute atomic E-state index is 6.27. The van der Waals surface area contributed by atoms with Crippen molar-refractivity contribution in [2.75, 3.05) is 26.0 Å². The van der Waals surface area contributed by atoms with Gasteiger partial charge in [0.1, 0.15) is 0 Å². The van der Waals surface area contributed by atoms with Gasteiger partial charge in [0.15, 0.2) is 0 Å². The number of hydrogen-bond donors (Lipinski definition) is 2. The molecule has 0 heterocycles. The average molecular weight is 353 g/mol. The molecule has 0 unspecified atom stereocenters. The first kappa shape index (κ1) is 21.0. The van der Waals surface area contributed by atoms with Gasteiger partial charge in [-0.15, -0.1) is 12.4 Å². The Balaban J connectivity index is 0.00000288. The quantitative estimate of drug-likeness (QED) is 0.573. The molecule has 2 rings (SSSR count). The molecule has 0 radical (unpaired) electrons. The first-order valence-corrected chi connectivity index (χ1v) is 8.58. The molecule has 0 bridgehead atoms. The van der Waals surface area contributed by atoms with Crippen LogP contribution in [0.15, 0.2) is 24.3 Å². The average Bonchev–Trinajstić information content (AvgIpc) is 2.48. The van der Waals surface area contributed by atoms with Crippen molar-refractivity contribution in [1.29, 1.82) is 0 Å². The lowest BCUT2D eigenvalue weighted by molar-refractivity contribution is 0.188. The summed E-state index contributed by atoms with van der Waals surface area (Å²) in [6.07, 6.45) is 5.84. The Morgan fingerprint density at radius 2 is 2.00 bits per heavy atom. The lowest BCUT2D eigenvalue weighted by Crippen LogP contribution is -2.38. The number of nitrogens with two attached hydrogens (primary N) is 1. The van der Waals surface area contributed by atoms with Crippen LogP contribution in [0.4, 0.5) is 5.69 Å². The number of anilines is 1. The predicted molar refractivity (Wildman–Crippen MR) is 107 cm³/mol. The summed E-state index contributed by atoms with van der Waals surface area (Å²) in [6, 6.07) is 6.44. The van der Waals surface area contributed by atoms with Gasteiger partial charge < -0.3 is 15.8 Å². The molecule has 136 valence electrons. The molecule has 0 saturated carbocycles. The third kappa shape index (κ3) is 5.23. The Hall–Kier alpha value is -1.03. The molecule has 0 aliphatic heterocycles. The van der Waals surface area contributed by atoms with Crippen LogP contribution >= 0.6 is 12.4 Å². The Morgan fingerprint density at radius 1 is 1.29 bits per heavy atom. The van der Waals surface area contributed by atoms with E-state index in [0.717, 1.165) is 25.1 Å². The second-order valence-corrected chi connectivity index (χ2v) is 7.94. The molecule has 0 aromatic heterocycles. The van der Waals surface area contributed by atoms with Gasteiger partial charge in [-0.25, -0.2) is 0 Å². The molecule has 3 N–H and O–H groups in total. The van der Waals surface area contributed by atoms with Crippen molar-refractivity contribution in [3.05, 3.63) is 35.4 Å². The van der Waals surface area contributed by atoms with Crippen molar-refractivity contribution < 1.29 is 4.74 Å². The highest BCUT2D eigenvalue weighted by Crippen LogP contribution is 2.40. The standard InChI is InChI=1S/C20H32N2O.ClH/c1-19(2)10-8-15(9-11-19)17-14-16(6-7-18(17)21)20(3,4)22-12-13-23-5;/h6-8,14,22H,9-13,21H2,1-5H3;1H. The van der Waals surface area contributed by atoms with E-state index in [9.17, 15) is 0 Å². The third-order valence-corrected chi connectivity index (χ3v) is 4.97. The number of ether oxygens (including phenoxy) is 1. The van der Waals surface area contributed by atoms with Gasteiger partial charge in [-0.2, -0.15) is 0 Å². The maximum atomic E-state index is 6.27. The zero-order valence-corrected chi connectivity index (χ0v) is 16.6. The number of nitrogen functional groups attached to an aromatic ring is 1. The van der Waals surface area contributed by atoms with E-state index < -0.39 is 0 Å². The zero-order valence-electron chi connectivity index (χ0n) is 15.7. The number of hydrogen-bond acceptors (Lipinski definition) is 3. The van der Waals surface area contributed by atoms with Crippen LogP contribution in [0, 0.1) is 5.41 Å². The normalized spacial score (nSPS) is 17.1. The number of benzene rings is 1. The molecule has 0 saturated heterocycles. The molecule has 4 heteroatoms. The molecule has 1 aromatic rings. The first-order valence-electron chi connectivity index (χ1n) is 8.58. The monoisotopic (exact) mass is 352 g/mol. The minimum absolute atomic E-state index is 0. The van der Waals surface area contributed by atoms with E-state index in [1.54, 1.807) is 7.11 Å². The van der Waals surface area contributed by atoms with Crippen molar-refractivity contribution in [3.8, 4) is 0 Å². The smallest absolute Gasteiger partial charge is 0.0587 e. The first-order chi connectivity index (χ1) is 10.7. The Bertz CT molecular complexity index is 579. The number of halogens is 1. The van der Waals surface area contributed by atoms with Crippen LogP contribution < -0.4 is 11.1 Å². The van der Waals surface area contributed by atoms with Crippen LogP contribution in [0.3, 0.4) is 0 Å². The van der Waals surface area contributed by atoms with Gasteiger partial charge in [0, 0.05) is 30.4 Å². The fourth-order valence-electron chi connectivity index (χ4n) is 3.11. The van der Waals surface area contributed by atoms with Gasteiger partial charge in [-0.05, 0) is 61.8 Å². The van der Waals surface area contributed by atoms with Crippen LogP contribution in [-0.2, 0) is 10.3 Å². The molecule has 1 aliphatic rings. The van der Waals surface area contributed by atoms with Crippen LogP contribution in [0.5, 0.6) is 0 Å². The van der Waals surface area contributed by atoms with Gasteiger partial charge in [-0.3, -0.25) is 0 Å². The highest BCUT2D eigenvalue weighted by Gasteiger charge is 2.25. The zero-order chi connectivity index (χ0) is 17.1. The number of allylic oxidation sites excluding steroid dienone is 2. The maximum Gasteiger partial charge on any atom is 0.0587 e. The van der Waals surface area contributed by atoms with Crippen molar-refractivity contribution in [1.82, 2.24) is 5.32 Å². The summed E-state index contributed by atoms with van der Waals surface area (Å²) in [4.78, 5) is 0. The fourth-order valence-corrected chi connectivity index (χ4v) is 3.11. The molecular formula is C20H33ClN2O. The molecule has 0 spiro atoms. The third-order valence-electron chi connectivity index (χ3n) is 4.97. The van der Waals surface area contributed by atoms with Gasteiger partial charge in [0.05, 0.1) is 6.61 Å². The molecule has 1 aliphatic carbocycles. The topological polar surface area (TPSA) is 47.3 Å². The fraction of sp³-hybridized carbons (Fsp3) is 0.600. The van der Waals surface area contributed by atoms with Gasteiger partial charge in [-0.1, -0.05) is 26.0 Å². The van der Waals surface area contributed by atoms with Crippen molar-refractivity contribution in [2.24, 2.45) is 5.41 Å². The summed E-state index contributed by atoms with van der Waals surface area (Å²) in [6.45, 7) is 10.6. The molecular weight excluding hydrogens is 320 g/mol. The Morgan fingerprint density at radius 3 is 2.58 bits per heavy atom. The van der Waals surface area contributed by atoms with Gasteiger partial charge >= 0.3 is 0 Å². The van der Waals surface area contributed by atoms with Crippen LogP contribution in [-0.4, -0.2) is 20.3 Å². The highest BCUT2D eigenvalue weighted by atomic mass is 35.5. The lowest BCUT2D eigenvalue weighted by Gasteiger charge is -2.31. The molecule has 24 heavy (non-hydrogen) atoms. The summed E-state index contributed by atoms with van der Waals surface area (Å²) in [5.74, 6) is 0. The van der Waals surface area contributed by atoms with Crippen LogP contribution in [0.2, 0.25) is 0 Å². The van der Waals surface area contributed by atoms with E-state index in [2.05, 4.69) is 51.2 Å². The Kier molecular flexibility index (Phi) is 7.33. The summed E-state index contributed by atoms with van der Waals surface area (Å²) < 4.78 is 5.14. The summed E-state index contributed by atoms with van der Waals surface area (Å²) in [7, 11) is 1.73. The predicted octanol–water partition coefficient (Wildman–Crippen LogP) is 4.76. The minimum Gasteiger partial charge on any atom is -0.398 e.